The molecule has 2 N–H and O–H groups in total. The van der Waals surface area contributed by atoms with Gasteiger partial charge < -0.3 is 15.0 Å². The number of ether oxygens (including phenoxy) is 1. The Bertz CT molecular complexity index is 1310. The van der Waals surface area contributed by atoms with Crippen molar-refractivity contribution in [1.29, 1.82) is 0 Å². The molecule has 0 aliphatic carbocycles. The number of carbonyl (C=O) groups is 1. The number of aromatic amines is 1. The molecule has 4 rings (SSSR count). The van der Waals surface area contributed by atoms with Crippen molar-refractivity contribution < 1.29 is 9.53 Å². The van der Waals surface area contributed by atoms with E-state index in [4.69, 9.17) is 4.74 Å². The Morgan fingerprint density at radius 2 is 1.84 bits per heavy atom. The van der Waals surface area contributed by atoms with Gasteiger partial charge in [-0.2, -0.15) is 0 Å². The van der Waals surface area contributed by atoms with Crippen LogP contribution < -0.4 is 15.6 Å². The third-order valence-electron chi connectivity index (χ3n) is 5.03. The van der Waals surface area contributed by atoms with Crippen LogP contribution in [0.4, 0.5) is 0 Å². The van der Waals surface area contributed by atoms with Crippen LogP contribution in [0.2, 0.25) is 0 Å². The minimum atomic E-state index is -0.187. The molecule has 0 radical (unpaired) electrons. The number of rotatable bonds is 7. The largest absolute Gasteiger partial charge is 0.497 e. The average Bonchev–Trinajstić information content (AvgIpc) is 3.18. The smallest absolute Gasteiger partial charge is 0.283 e. The molecule has 0 unspecified atom stereocenters. The van der Waals surface area contributed by atoms with Crippen LogP contribution in [0.1, 0.15) is 16.8 Å². The Balaban J connectivity index is 1.54. The van der Waals surface area contributed by atoms with Crippen LogP contribution in [0.25, 0.3) is 16.7 Å². The standard InChI is InChI=1S/C24H24N4O3S/c1-15-4-8-18(9-5-15)28-23(30)22-20(12-16(2)26-22)27-24(28)32-14-21(29)25-13-17-6-10-19(31-3)11-7-17/h4-12,26H,13-14H2,1-3H3,(H,25,29). The highest BCUT2D eigenvalue weighted by Crippen LogP contribution is 2.22. The first-order valence-electron chi connectivity index (χ1n) is 10.2. The summed E-state index contributed by atoms with van der Waals surface area (Å²) in [4.78, 5) is 33.5. The van der Waals surface area contributed by atoms with E-state index < -0.39 is 0 Å². The normalized spacial score (nSPS) is 11.0. The SMILES string of the molecule is COc1ccc(CNC(=O)CSc2nc3cc(C)[nH]c3c(=O)n2-c2ccc(C)cc2)cc1. The number of hydrogen-bond acceptors (Lipinski definition) is 5. The number of aryl methyl sites for hydroxylation is 2. The molecule has 2 aromatic carbocycles. The molecule has 0 saturated heterocycles. The molecule has 2 heterocycles. The highest BCUT2D eigenvalue weighted by atomic mass is 32.2. The lowest BCUT2D eigenvalue weighted by Crippen LogP contribution is -2.26. The molecule has 8 heteroatoms. The van der Waals surface area contributed by atoms with Gasteiger partial charge in [-0.15, -0.1) is 0 Å². The predicted octanol–water partition coefficient (Wildman–Crippen LogP) is 3.75. The summed E-state index contributed by atoms with van der Waals surface area (Å²) in [6, 6.07) is 17.0. The summed E-state index contributed by atoms with van der Waals surface area (Å²) < 4.78 is 6.71. The topological polar surface area (TPSA) is 89.0 Å². The van der Waals surface area contributed by atoms with E-state index in [9.17, 15) is 9.59 Å². The number of carbonyl (C=O) groups excluding carboxylic acids is 1. The first-order valence-corrected chi connectivity index (χ1v) is 11.1. The van der Waals surface area contributed by atoms with Gasteiger partial charge in [0, 0.05) is 12.2 Å². The number of hydrogen-bond donors (Lipinski definition) is 2. The average molecular weight is 449 g/mol. The highest BCUT2D eigenvalue weighted by Gasteiger charge is 2.16. The number of thioether (sulfide) groups is 1. The van der Waals surface area contributed by atoms with E-state index >= 15 is 0 Å². The van der Waals surface area contributed by atoms with E-state index in [-0.39, 0.29) is 17.2 Å². The maximum Gasteiger partial charge on any atom is 0.283 e. The molecule has 0 saturated carbocycles. The predicted molar refractivity (Wildman–Crippen MR) is 127 cm³/mol. The zero-order valence-corrected chi connectivity index (χ0v) is 19.0. The fraction of sp³-hybridized carbons (Fsp3) is 0.208. The monoisotopic (exact) mass is 448 g/mol. The van der Waals surface area contributed by atoms with Crippen LogP contribution >= 0.6 is 11.8 Å². The van der Waals surface area contributed by atoms with Gasteiger partial charge in [0.25, 0.3) is 5.56 Å². The molecule has 0 aliphatic heterocycles. The van der Waals surface area contributed by atoms with E-state index in [1.54, 1.807) is 11.7 Å². The molecular weight excluding hydrogens is 424 g/mol. The Morgan fingerprint density at radius 1 is 1.12 bits per heavy atom. The van der Waals surface area contributed by atoms with Gasteiger partial charge in [0.15, 0.2) is 5.16 Å². The number of amides is 1. The number of aromatic nitrogens is 3. The molecule has 164 valence electrons. The fourth-order valence-corrected chi connectivity index (χ4v) is 4.16. The number of H-pyrrole nitrogens is 1. The maximum absolute atomic E-state index is 13.2. The zero-order chi connectivity index (χ0) is 22.7. The van der Waals surface area contributed by atoms with Gasteiger partial charge in [-0.1, -0.05) is 41.6 Å². The van der Waals surface area contributed by atoms with Gasteiger partial charge in [-0.05, 0) is 49.7 Å². The Kier molecular flexibility index (Phi) is 6.32. The fourth-order valence-electron chi connectivity index (χ4n) is 3.32. The van der Waals surface area contributed by atoms with Crippen LogP contribution in [0.5, 0.6) is 5.75 Å². The maximum atomic E-state index is 13.2. The van der Waals surface area contributed by atoms with E-state index in [2.05, 4.69) is 15.3 Å². The lowest BCUT2D eigenvalue weighted by molar-refractivity contribution is -0.118. The molecule has 1 amide bonds. The molecule has 0 atom stereocenters. The number of fused-ring (bicyclic) bond motifs is 1. The molecule has 0 fully saturated rings. The van der Waals surface area contributed by atoms with Crippen molar-refractivity contribution in [3.8, 4) is 11.4 Å². The first kappa shape index (κ1) is 21.7. The molecule has 2 aromatic heterocycles. The number of methoxy groups -OCH3 is 1. The van der Waals surface area contributed by atoms with Crippen molar-refractivity contribution >= 4 is 28.7 Å². The van der Waals surface area contributed by atoms with Gasteiger partial charge >= 0.3 is 0 Å². The minimum Gasteiger partial charge on any atom is -0.497 e. The van der Waals surface area contributed by atoms with Crippen LogP contribution in [0.3, 0.4) is 0 Å². The van der Waals surface area contributed by atoms with Crippen LogP contribution in [-0.4, -0.2) is 33.3 Å². The molecule has 0 bridgehead atoms. The summed E-state index contributed by atoms with van der Waals surface area (Å²) in [6.07, 6.45) is 0. The number of nitrogens with zero attached hydrogens (tertiary/aromatic N) is 2. The summed E-state index contributed by atoms with van der Waals surface area (Å²) >= 11 is 1.24. The first-order chi connectivity index (χ1) is 15.4. The summed E-state index contributed by atoms with van der Waals surface area (Å²) in [5.41, 5.74) is 4.51. The quantitative estimate of drug-likeness (QED) is 0.332. The second-order valence-corrected chi connectivity index (χ2v) is 8.44. The van der Waals surface area contributed by atoms with Gasteiger partial charge in [0.2, 0.25) is 5.91 Å². The molecule has 0 aliphatic rings. The highest BCUT2D eigenvalue weighted by molar-refractivity contribution is 7.99. The van der Waals surface area contributed by atoms with E-state index in [0.29, 0.717) is 28.4 Å². The van der Waals surface area contributed by atoms with E-state index in [0.717, 1.165) is 22.6 Å². The van der Waals surface area contributed by atoms with Crippen molar-refractivity contribution in [2.75, 3.05) is 12.9 Å². The van der Waals surface area contributed by atoms with Crippen molar-refractivity contribution in [3.05, 3.63) is 81.8 Å². The van der Waals surface area contributed by atoms with Gasteiger partial charge in [-0.25, -0.2) is 4.98 Å². The number of nitrogens with one attached hydrogen (secondary N) is 2. The molecule has 32 heavy (non-hydrogen) atoms. The number of benzene rings is 2. The second kappa shape index (κ2) is 9.32. The molecule has 4 aromatic rings. The third kappa shape index (κ3) is 4.70. The Hall–Kier alpha value is -3.52. The lowest BCUT2D eigenvalue weighted by atomic mass is 10.2. The van der Waals surface area contributed by atoms with Gasteiger partial charge in [-0.3, -0.25) is 14.2 Å². The minimum absolute atomic E-state index is 0.138. The van der Waals surface area contributed by atoms with Gasteiger partial charge in [0.05, 0.1) is 24.1 Å². The summed E-state index contributed by atoms with van der Waals surface area (Å²) in [7, 11) is 1.62. The third-order valence-corrected chi connectivity index (χ3v) is 5.97. The van der Waals surface area contributed by atoms with Crippen LogP contribution in [0.15, 0.2) is 64.5 Å². The second-order valence-electron chi connectivity index (χ2n) is 7.50. The Morgan fingerprint density at radius 3 is 2.53 bits per heavy atom. The molecule has 7 nitrogen and oxygen atoms in total. The Labute approximate surface area is 189 Å². The lowest BCUT2D eigenvalue weighted by Gasteiger charge is -2.12. The van der Waals surface area contributed by atoms with Crippen molar-refractivity contribution in [2.24, 2.45) is 0 Å². The van der Waals surface area contributed by atoms with Gasteiger partial charge in [0.1, 0.15) is 11.3 Å². The summed E-state index contributed by atoms with van der Waals surface area (Å²) in [5.74, 6) is 0.774. The summed E-state index contributed by atoms with van der Waals surface area (Å²) in [5, 5.41) is 3.38. The van der Waals surface area contributed by atoms with Crippen LogP contribution in [-0.2, 0) is 11.3 Å². The van der Waals surface area contributed by atoms with E-state index in [1.807, 2.05) is 68.4 Å². The van der Waals surface area contributed by atoms with E-state index in [1.165, 1.54) is 11.8 Å². The van der Waals surface area contributed by atoms with Crippen molar-refractivity contribution in [1.82, 2.24) is 19.9 Å². The zero-order valence-electron chi connectivity index (χ0n) is 18.1. The summed E-state index contributed by atoms with van der Waals surface area (Å²) in [6.45, 7) is 4.29. The van der Waals surface area contributed by atoms with Crippen LogP contribution in [0, 0.1) is 13.8 Å². The van der Waals surface area contributed by atoms with Crippen molar-refractivity contribution in [3.63, 3.8) is 0 Å². The molecule has 0 spiro atoms. The molecular formula is C24H24N4O3S. The van der Waals surface area contributed by atoms with Crippen molar-refractivity contribution in [2.45, 2.75) is 25.5 Å².